The number of carbonyl (C=O) groups excluding carboxylic acids is 1. The van der Waals surface area contributed by atoms with Gasteiger partial charge >= 0.3 is 0 Å². The first kappa shape index (κ1) is 14.3. The van der Waals surface area contributed by atoms with Gasteiger partial charge in [-0.1, -0.05) is 0 Å². The molecule has 4 rings (SSSR count). The van der Waals surface area contributed by atoms with Crippen molar-refractivity contribution in [2.24, 2.45) is 7.05 Å². The Morgan fingerprint density at radius 3 is 3.04 bits per heavy atom. The Labute approximate surface area is 137 Å². The van der Waals surface area contributed by atoms with Crippen molar-refractivity contribution >= 4 is 17.2 Å². The zero-order chi connectivity index (χ0) is 16.0. The fourth-order valence-electron chi connectivity index (χ4n) is 3.14. The Kier molecular flexibility index (Phi) is 3.34. The molecule has 0 radical (unpaired) electrons. The third-order valence-corrected chi connectivity index (χ3v) is 5.16. The lowest BCUT2D eigenvalue weighted by molar-refractivity contribution is 0.0941. The molecular weight excluding hydrogens is 310 g/mol. The van der Waals surface area contributed by atoms with E-state index < -0.39 is 0 Å². The van der Waals surface area contributed by atoms with Gasteiger partial charge in [0.2, 0.25) is 0 Å². The van der Waals surface area contributed by atoms with Crippen LogP contribution >= 0.6 is 11.3 Å². The number of rotatable bonds is 3. The molecule has 1 amide bonds. The van der Waals surface area contributed by atoms with Gasteiger partial charge in [0.1, 0.15) is 11.5 Å². The monoisotopic (exact) mass is 327 g/mol. The zero-order valence-electron chi connectivity index (χ0n) is 13.0. The summed E-state index contributed by atoms with van der Waals surface area (Å²) in [5, 5.41) is 9.47. The number of furan rings is 1. The van der Waals surface area contributed by atoms with E-state index in [-0.39, 0.29) is 5.91 Å². The first-order chi connectivity index (χ1) is 11.1. The van der Waals surface area contributed by atoms with Gasteiger partial charge in [0.05, 0.1) is 12.2 Å². The lowest BCUT2D eigenvalue weighted by atomic mass is 9.94. The number of amides is 1. The van der Waals surface area contributed by atoms with E-state index >= 15 is 0 Å². The second-order valence-corrected chi connectivity index (χ2v) is 6.75. The molecule has 0 bridgehead atoms. The van der Waals surface area contributed by atoms with Gasteiger partial charge in [-0.15, -0.1) is 11.3 Å². The fraction of sp³-hybridized carbons (Fsp3) is 0.294. The number of nitrogens with zero attached hydrogens (tertiary/aromatic N) is 2. The number of hydrogen-bond acceptors (Lipinski definition) is 4. The first-order valence-electron chi connectivity index (χ1n) is 7.59. The SMILES string of the molecule is Cc1ccc(CNC(=O)c2nn(C)c3c2CCc2sccc2-3)o1. The van der Waals surface area contributed by atoms with Gasteiger partial charge in [0.25, 0.3) is 5.91 Å². The Morgan fingerprint density at radius 1 is 1.39 bits per heavy atom. The summed E-state index contributed by atoms with van der Waals surface area (Å²) in [7, 11) is 1.90. The Bertz CT molecular complexity index is 888. The van der Waals surface area contributed by atoms with Crippen molar-refractivity contribution in [3.05, 3.63) is 51.2 Å². The minimum absolute atomic E-state index is 0.144. The van der Waals surface area contributed by atoms with Crippen molar-refractivity contribution in [2.75, 3.05) is 0 Å². The lowest BCUT2D eigenvalue weighted by Gasteiger charge is -2.13. The Hall–Kier alpha value is -2.34. The molecule has 5 nitrogen and oxygen atoms in total. The number of thiophene rings is 1. The second-order valence-electron chi connectivity index (χ2n) is 5.75. The van der Waals surface area contributed by atoms with E-state index in [0.29, 0.717) is 12.2 Å². The zero-order valence-corrected chi connectivity index (χ0v) is 13.9. The van der Waals surface area contributed by atoms with Crippen molar-refractivity contribution in [1.82, 2.24) is 15.1 Å². The lowest BCUT2D eigenvalue weighted by Crippen LogP contribution is -2.24. The Balaban J connectivity index is 1.61. The minimum Gasteiger partial charge on any atom is -0.465 e. The highest BCUT2D eigenvalue weighted by Gasteiger charge is 2.27. The maximum atomic E-state index is 12.5. The predicted molar refractivity (Wildman–Crippen MR) is 88.5 cm³/mol. The molecule has 1 N–H and O–H groups in total. The summed E-state index contributed by atoms with van der Waals surface area (Å²) in [6.45, 7) is 2.26. The van der Waals surface area contributed by atoms with E-state index in [1.165, 1.54) is 10.4 Å². The molecule has 1 aliphatic rings. The summed E-state index contributed by atoms with van der Waals surface area (Å²) in [6, 6.07) is 5.89. The molecule has 0 spiro atoms. The number of hydrogen-bond donors (Lipinski definition) is 1. The van der Waals surface area contributed by atoms with Gasteiger partial charge in [0, 0.05) is 23.1 Å². The van der Waals surface area contributed by atoms with E-state index in [2.05, 4.69) is 21.9 Å². The number of fused-ring (bicyclic) bond motifs is 3. The maximum absolute atomic E-state index is 12.5. The van der Waals surface area contributed by atoms with Gasteiger partial charge in [-0.05, 0) is 43.3 Å². The van der Waals surface area contributed by atoms with Crippen molar-refractivity contribution in [2.45, 2.75) is 26.3 Å². The van der Waals surface area contributed by atoms with Gasteiger partial charge in [-0.25, -0.2) is 0 Å². The molecule has 1 aliphatic carbocycles. The second kappa shape index (κ2) is 5.38. The van der Waals surface area contributed by atoms with Crippen LogP contribution in [-0.4, -0.2) is 15.7 Å². The molecule has 0 atom stereocenters. The molecule has 23 heavy (non-hydrogen) atoms. The smallest absolute Gasteiger partial charge is 0.272 e. The van der Waals surface area contributed by atoms with Crippen LogP contribution in [-0.2, 0) is 26.4 Å². The highest BCUT2D eigenvalue weighted by Crippen LogP contribution is 2.37. The quantitative estimate of drug-likeness (QED) is 0.804. The molecule has 6 heteroatoms. The van der Waals surface area contributed by atoms with Gasteiger partial charge in [-0.2, -0.15) is 5.10 Å². The fourth-order valence-corrected chi connectivity index (χ4v) is 4.02. The minimum atomic E-state index is -0.144. The molecule has 3 heterocycles. The number of carbonyl (C=O) groups is 1. The van der Waals surface area contributed by atoms with Crippen LogP contribution in [0.3, 0.4) is 0 Å². The van der Waals surface area contributed by atoms with Crippen molar-refractivity contribution in [1.29, 1.82) is 0 Å². The van der Waals surface area contributed by atoms with Crippen LogP contribution in [0, 0.1) is 6.92 Å². The van der Waals surface area contributed by atoms with Crippen LogP contribution in [0.25, 0.3) is 11.3 Å². The third kappa shape index (κ3) is 2.39. The van der Waals surface area contributed by atoms with E-state index in [1.807, 2.05) is 30.8 Å². The van der Waals surface area contributed by atoms with Crippen molar-refractivity contribution < 1.29 is 9.21 Å². The van der Waals surface area contributed by atoms with E-state index in [0.717, 1.165) is 35.6 Å². The van der Waals surface area contributed by atoms with Crippen LogP contribution < -0.4 is 5.32 Å². The maximum Gasteiger partial charge on any atom is 0.272 e. The summed E-state index contributed by atoms with van der Waals surface area (Å²) in [5.41, 5.74) is 3.87. The topological polar surface area (TPSA) is 60.1 Å². The normalized spacial score (nSPS) is 12.8. The Morgan fingerprint density at radius 2 is 2.26 bits per heavy atom. The number of nitrogens with one attached hydrogen (secondary N) is 1. The van der Waals surface area contributed by atoms with Crippen molar-refractivity contribution in [3.8, 4) is 11.3 Å². The molecule has 118 valence electrons. The van der Waals surface area contributed by atoms with E-state index in [4.69, 9.17) is 4.42 Å². The molecule has 0 saturated heterocycles. The van der Waals surface area contributed by atoms with Crippen LogP contribution in [0.15, 0.2) is 28.0 Å². The molecule has 0 aliphatic heterocycles. The van der Waals surface area contributed by atoms with Gasteiger partial charge < -0.3 is 9.73 Å². The summed E-state index contributed by atoms with van der Waals surface area (Å²) in [6.07, 6.45) is 1.84. The molecule has 0 saturated carbocycles. The average Bonchev–Trinajstić information content (AvgIpc) is 3.23. The van der Waals surface area contributed by atoms with E-state index in [1.54, 1.807) is 11.3 Å². The number of aryl methyl sites for hydroxylation is 3. The molecule has 3 aromatic heterocycles. The molecule has 0 unspecified atom stereocenters. The standard InChI is InChI=1S/C17H17N3O2S/c1-10-3-4-11(22-10)9-18-17(21)15-13-5-6-14-12(7-8-23-14)16(13)20(2)19-15/h3-4,7-8H,5-6,9H2,1-2H3,(H,18,21). The van der Waals surface area contributed by atoms with Gasteiger partial charge in [0.15, 0.2) is 5.69 Å². The third-order valence-electron chi connectivity index (χ3n) is 4.18. The summed E-state index contributed by atoms with van der Waals surface area (Å²) in [4.78, 5) is 13.9. The first-order valence-corrected chi connectivity index (χ1v) is 8.47. The highest BCUT2D eigenvalue weighted by atomic mass is 32.1. The molecule has 0 aromatic carbocycles. The van der Waals surface area contributed by atoms with Crippen LogP contribution in [0.5, 0.6) is 0 Å². The summed E-state index contributed by atoms with van der Waals surface area (Å²) in [5.74, 6) is 1.45. The predicted octanol–water partition coefficient (Wildman–Crippen LogP) is 3.08. The number of aromatic nitrogens is 2. The van der Waals surface area contributed by atoms with Gasteiger partial charge in [-0.3, -0.25) is 9.48 Å². The van der Waals surface area contributed by atoms with Crippen LogP contribution in [0.4, 0.5) is 0 Å². The van der Waals surface area contributed by atoms with Crippen molar-refractivity contribution in [3.63, 3.8) is 0 Å². The van der Waals surface area contributed by atoms with Crippen LogP contribution in [0.2, 0.25) is 0 Å². The average molecular weight is 327 g/mol. The summed E-state index contributed by atoms with van der Waals surface area (Å²) >= 11 is 1.77. The molecular formula is C17H17N3O2S. The largest absolute Gasteiger partial charge is 0.465 e. The highest BCUT2D eigenvalue weighted by molar-refractivity contribution is 7.10. The van der Waals surface area contributed by atoms with E-state index in [9.17, 15) is 4.79 Å². The molecule has 0 fully saturated rings. The summed E-state index contributed by atoms with van der Waals surface area (Å²) < 4.78 is 7.31. The van der Waals surface area contributed by atoms with Crippen LogP contribution in [0.1, 0.15) is 32.4 Å². The molecule has 3 aromatic rings.